The van der Waals surface area contributed by atoms with Gasteiger partial charge in [0.1, 0.15) is 11.4 Å². The number of methoxy groups -OCH3 is 1. The minimum Gasteiger partial charge on any atom is -0.495 e. The van der Waals surface area contributed by atoms with Crippen LogP contribution in [0.4, 0.5) is 13.2 Å². The zero-order chi connectivity index (χ0) is 10.7. The Hall–Kier alpha value is -0.780. The molecule has 0 aliphatic carbocycles. The Morgan fingerprint density at radius 3 is 2.64 bits per heavy atom. The third kappa shape index (κ3) is 2.00. The number of hydrogen-bond donors (Lipinski definition) is 0. The fraction of sp³-hybridized carbons (Fsp3) is 0.375. The highest BCUT2D eigenvalue weighted by molar-refractivity contribution is 9.08. The molecule has 0 bridgehead atoms. The summed E-state index contributed by atoms with van der Waals surface area (Å²) in [7, 11) is 1.32. The lowest BCUT2D eigenvalue weighted by Gasteiger charge is -2.09. The fourth-order valence-electron chi connectivity index (χ4n) is 0.978. The average Bonchev–Trinajstić information content (AvgIpc) is 2.16. The largest absolute Gasteiger partial charge is 0.495 e. The Morgan fingerprint density at radius 2 is 2.21 bits per heavy atom. The second-order valence-corrected chi connectivity index (χ2v) is 3.00. The first-order chi connectivity index (χ1) is 6.61. The molecule has 0 amide bonds. The average molecular weight is 270 g/mol. The van der Waals surface area contributed by atoms with Gasteiger partial charge in [0.2, 0.25) is 0 Å². The van der Waals surface area contributed by atoms with Crippen molar-refractivity contribution in [3.8, 4) is 5.75 Å². The van der Waals surface area contributed by atoms with Crippen LogP contribution in [0.2, 0.25) is 0 Å². The van der Waals surface area contributed by atoms with Crippen molar-refractivity contribution in [2.45, 2.75) is 11.8 Å². The highest BCUT2D eigenvalue weighted by Crippen LogP contribution is 2.29. The summed E-state index contributed by atoms with van der Waals surface area (Å²) in [5, 5.41) is 0.101. The lowest BCUT2D eigenvalue weighted by Crippen LogP contribution is -2.02. The second-order valence-electron chi connectivity index (χ2n) is 2.44. The van der Waals surface area contributed by atoms with Gasteiger partial charge in [0.15, 0.2) is 5.82 Å². The normalized spacial score (nSPS) is 10.7. The van der Waals surface area contributed by atoms with Crippen molar-refractivity contribution in [3.63, 3.8) is 0 Å². The van der Waals surface area contributed by atoms with Crippen molar-refractivity contribution in [1.29, 1.82) is 0 Å². The molecule has 0 unspecified atom stereocenters. The van der Waals surface area contributed by atoms with Crippen molar-refractivity contribution in [2.75, 3.05) is 7.11 Å². The van der Waals surface area contributed by atoms with E-state index in [0.717, 1.165) is 6.20 Å². The van der Waals surface area contributed by atoms with E-state index >= 15 is 0 Å². The van der Waals surface area contributed by atoms with E-state index in [1.807, 2.05) is 0 Å². The molecule has 0 aliphatic rings. The van der Waals surface area contributed by atoms with E-state index in [1.165, 1.54) is 7.11 Å². The monoisotopic (exact) mass is 269 g/mol. The molecule has 2 nitrogen and oxygen atoms in total. The SMILES string of the molecule is COc1cnc(C(F)F)c(F)c1CBr. The summed E-state index contributed by atoms with van der Waals surface area (Å²) in [5.41, 5.74) is -0.793. The van der Waals surface area contributed by atoms with Gasteiger partial charge in [-0.25, -0.2) is 18.2 Å². The Bertz CT molecular complexity index is 333. The van der Waals surface area contributed by atoms with Crippen molar-refractivity contribution >= 4 is 15.9 Å². The van der Waals surface area contributed by atoms with Gasteiger partial charge in [0, 0.05) is 10.9 Å². The van der Waals surface area contributed by atoms with E-state index in [2.05, 4.69) is 20.9 Å². The Morgan fingerprint density at radius 1 is 1.57 bits per heavy atom. The molecule has 6 heteroatoms. The van der Waals surface area contributed by atoms with Crippen molar-refractivity contribution in [3.05, 3.63) is 23.3 Å². The molecule has 1 aromatic heterocycles. The molecule has 0 saturated heterocycles. The molecule has 1 rings (SSSR count). The summed E-state index contributed by atoms with van der Waals surface area (Å²) in [6, 6.07) is 0. The summed E-state index contributed by atoms with van der Waals surface area (Å²) >= 11 is 2.99. The first-order valence-corrected chi connectivity index (χ1v) is 4.79. The molecule has 0 radical (unpaired) electrons. The van der Waals surface area contributed by atoms with Crippen LogP contribution in [0.5, 0.6) is 5.75 Å². The van der Waals surface area contributed by atoms with Crippen LogP contribution in [0.15, 0.2) is 6.20 Å². The molecule has 0 N–H and O–H groups in total. The molecule has 0 atom stereocenters. The van der Waals surface area contributed by atoms with E-state index in [-0.39, 0.29) is 16.6 Å². The molecule has 0 aliphatic heterocycles. The number of halogens is 4. The van der Waals surface area contributed by atoms with Gasteiger partial charge < -0.3 is 4.74 Å². The van der Waals surface area contributed by atoms with Crippen LogP contribution in [-0.4, -0.2) is 12.1 Å². The van der Waals surface area contributed by atoms with Gasteiger partial charge in [-0.15, -0.1) is 0 Å². The molecule has 0 saturated carbocycles. The minimum atomic E-state index is -2.92. The quantitative estimate of drug-likeness (QED) is 0.787. The number of ether oxygens (including phenoxy) is 1. The van der Waals surface area contributed by atoms with Gasteiger partial charge in [0.25, 0.3) is 6.43 Å². The molecule has 0 fully saturated rings. The molecule has 1 heterocycles. The second kappa shape index (κ2) is 4.63. The predicted octanol–water partition coefficient (Wildman–Crippen LogP) is 3.06. The summed E-state index contributed by atoms with van der Waals surface area (Å²) in [4.78, 5) is 3.29. The topological polar surface area (TPSA) is 22.1 Å². The van der Waals surface area contributed by atoms with Gasteiger partial charge in [-0.2, -0.15) is 0 Å². The zero-order valence-electron chi connectivity index (χ0n) is 7.23. The van der Waals surface area contributed by atoms with Crippen LogP contribution in [-0.2, 0) is 5.33 Å². The summed E-state index contributed by atoms with van der Waals surface area (Å²) in [5.74, 6) is -0.861. The van der Waals surface area contributed by atoms with Crippen molar-refractivity contribution < 1.29 is 17.9 Å². The smallest absolute Gasteiger partial charge is 0.283 e. The number of alkyl halides is 3. The molecule has 1 aromatic rings. The Kier molecular flexibility index (Phi) is 3.74. The first-order valence-electron chi connectivity index (χ1n) is 3.67. The fourth-order valence-corrected chi connectivity index (χ4v) is 1.50. The van der Waals surface area contributed by atoms with Crippen LogP contribution >= 0.6 is 15.9 Å². The number of aromatic nitrogens is 1. The van der Waals surface area contributed by atoms with E-state index in [1.54, 1.807) is 0 Å². The number of hydrogen-bond acceptors (Lipinski definition) is 2. The molecular weight excluding hydrogens is 263 g/mol. The molecule has 14 heavy (non-hydrogen) atoms. The summed E-state index contributed by atoms with van der Waals surface area (Å²) < 4.78 is 42.5. The highest BCUT2D eigenvalue weighted by Gasteiger charge is 2.20. The van der Waals surface area contributed by atoms with E-state index in [9.17, 15) is 13.2 Å². The van der Waals surface area contributed by atoms with Crippen LogP contribution in [0.3, 0.4) is 0 Å². The van der Waals surface area contributed by atoms with Crippen LogP contribution in [0.1, 0.15) is 17.7 Å². The van der Waals surface area contributed by atoms with Gasteiger partial charge in [-0.3, -0.25) is 0 Å². The predicted molar refractivity (Wildman–Crippen MR) is 48.3 cm³/mol. The highest BCUT2D eigenvalue weighted by atomic mass is 79.9. The summed E-state index contributed by atoms with van der Waals surface area (Å²) in [6.07, 6.45) is -1.83. The molecule has 0 aromatic carbocycles. The number of rotatable bonds is 3. The van der Waals surface area contributed by atoms with Crippen LogP contribution in [0.25, 0.3) is 0 Å². The van der Waals surface area contributed by atoms with Crippen molar-refractivity contribution in [1.82, 2.24) is 4.98 Å². The van der Waals surface area contributed by atoms with Crippen molar-refractivity contribution in [2.24, 2.45) is 0 Å². The molecular formula is C8H7BrF3NO. The van der Waals surface area contributed by atoms with Gasteiger partial charge in [-0.05, 0) is 0 Å². The van der Waals surface area contributed by atoms with E-state index < -0.39 is 17.9 Å². The lowest BCUT2D eigenvalue weighted by molar-refractivity contribution is 0.140. The zero-order valence-corrected chi connectivity index (χ0v) is 8.82. The van der Waals surface area contributed by atoms with Gasteiger partial charge in [-0.1, -0.05) is 15.9 Å². The Labute approximate surface area is 87.2 Å². The maximum Gasteiger partial charge on any atom is 0.283 e. The van der Waals surface area contributed by atoms with Gasteiger partial charge >= 0.3 is 0 Å². The number of pyridine rings is 1. The lowest BCUT2D eigenvalue weighted by atomic mass is 10.2. The standard InChI is InChI=1S/C8H7BrF3NO/c1-14-5-3-13-7(8(11)12)6(10)4(5)2-9/h3,8H,2H2,1H3. The van der Waals surface area contributed by atoms with Gasteiger partial charge in [0.05, 0.1) is 13.3 Å². The molecule has 0 spiro atoms. The van der Waals surface area contributed by atoms with Crippen LogP contribution < -0.4 is 4.74 Å². The molecule has 78 valence electrons. The number of nitrogens with zero attached hydrogens (tertiary/aromatic N) is 1. The minimum absolute atomic E-state index is 0.0535. The maximum absolute atomic E-state index is 13.3. The third-order valence-corrected chi connectivity index (χ3v) is 2.23. The van der Waals surface area contributed by atoms with Crippen LogP contribution in [0, 0.1) is 5.82 Å². The maximum atomic E-state index is 13.3. The van der Waals surface area contributed by atoms with E-state index in [4.69, 9.17) is 4.74 Å². The third-order valence-electron chi connectivity index (χ3n) is 1.67. The van der Waals surface area contributed by atoms with E-state index in [0.29, 0.717) is 0 Å². The summed E-state index contributed by atoms with van der Waals surface area (Å²) in [6.45, 7) is 0. The first kappa shape index (κ1) is 11.3. The Balaban J connectivity index is 3.27.